The van der Waals surface area contributed by atoms with E-state index < -0.39 is 10.0 Å². The van der Waals surface area contributed by atoms with Gasteiger partial charge < -0.3 is 10.1 Å². The van der Waals surface area contributed by atoms with Gasteiger partial charge in [-0.3, -0.25) is 0 Å². The van der Waals surface area contributed by atoms with E-state index in [2.05, 4.69) is 5.32 Å². The predicted molar refractivity (Wildman–Crippen MR) is 77.6 cm³/mol. The molecule has 110 valence electrons. The summed E-state index contributed by atoms with van der Waals surface area (Å²) < 4.78 is 32.6. The summed E-state index contributed by atoms with van der Waals surface area (Å²) in [6.45, 7) is 3.92. The summed E-state index contributed by atoms with van der Waals surface area (Å²) in [7, 11) is -3.41. The smallest absolute Gasteiger partial charge is 0.243 e. The molecule has 6 heteroatoms. The first-order valence-corrected chi connectivity index (χ1v) is 8.55. The molecule has 1 saturated heterocycles. The molecule has 2 aliphatic heterocycles. The van der Waals surface area contributed by atoms with E-state index in [0.717, 1.165) is 30.7 Å². The molecule has 0 bridgehead atoms. The van der Waals surface area contributed by atoms with Gasteiger partial charge in [0.05, 0.1) is 10.6 Å². The fraction of sp³-hybridized carbons (Fsp3) is 0.571. The molecule has 1 fully saturated rings. The van der Waals surface area contributed by atoms with Gasteiger partial charge in [-0.25, -0.2) is 8.42 Å². The first-order chi connectivity index (χ1) is 9.59. The van der Waals surface area contributed by atoms with Crippen LogP contribution in [0.25, 0.3) is 0 Å². The van der Waals surface area contributed by atoms with Gasteiger partial charge in [-0.2, -0.15) is 4.31 Å². The molecule has 0 saturated carbocycles. The number of rotatable bonds is 2. The second kappa shape index (κ2) is 5.26. The van der Waals surface area contributed by atoms with E-state index in [-0.39, 0.29) is 6.04 Å². The Morgan fingerprint density at radius 2 is 2.20 bits per heavy atom. The Morgan fingerprint density at radius 3 is 3.00 bits per heavy atom. The van der Waals surface area contributed by atoms with E-state index in [1.165, 1.54) is 0 Å². The number of fused-ring (bicyclic) bond motifs is 1. The highest BCUT2D eigenvalue weighted by Gasteiger charge is 2.31. The number of piperidine rings is 1. The summed E-state index contributed by atoms with van der Waals surface area (Å²) in [4.78, 5) is 0.350. The predicted octanol–water partition coefficient (Wildman–Crippen LogP) is 2.05. The third-order valence-corrected chi connectivity index (χ3v) is 5.98. The minimum absolute atomic E-state index is 0.0778. The highest BCUT2D eigenvalue weighted by molar-refractivity contribution is 7.89. The number of sulfonamides is 1. The molecule has 5 nitrogen and oxygen atoms in total. The van der Waals surface area contributed by atoms with Crippen molar-refractivity contribution in [1.82, 2.24) is 4.31 Å². The van der Waals surface area contributed by atoms with Crippen molar-refractivity contribution < 1.29 is 13.2 Å². The molecule has 0 aliphatic carbocycles. The van der Waals surface area contributed by atoms with Gasteiger partial charge >= 0.3 is 0 Å². The molecule has 0 radical (unpaired) electrons. The maximum atomic E-state index is 12.7. The van der Waals surface area contributed by atoms with Gasteiger partial charge in [0, 0.05) is 19.1 Å². The number of ether oxygens (including phenoxy) is 1. The Balaban J connectivity index is 1.94. The molecule has 2 heterocycles. The number of nitrogens with zero attached hydrogens (tertiary/aromatic N) is 1. The van der Waals surface area contributed by atoms with Gasteiger partial charge in [0.25, 0.3) is 0 Å². The maximum absolute atomic E-state index is 12.7. The summed E-state index contributed by atoms with van der Waals surface area (Å²) in [5.74, 6) is 0.724. The number of hydrogen-bond donors (Lipinski definition) is 1. The van der Waals surface area contributed by atoms with Crippen LogP contribution in [0.1, 0.15) is 26.2 Å². The quantitative estimate of drug-likeness (QED) is 0.907. The van der Waals surface area contributed by atoms with Crippen LogP contribution in [0.5, 0.6) is 5.75 Å². The van der Waals surface area contributed by atoms with Crippen LogP contribution in [-0.4, -0.2) is 38.5 Å². The molecule has 3 rings (SSSR count). The summed E-state index contributed by atoms with van der Waals surface area (Å²) in [5, 5.41) is 3.18. The molecule has 20 heavy (non-hydrogen) atoms. The van der Waals surface area contributed by atoms with Crippen molar-refractivity contribution in [3.05, 3.63) is 18.2 Å². The molecule has 0 aromatic heterocycles. The molecule has 1 N–H and O–H groups in total. The summed E-state index contributed by atoms with van der Waals surface area (Å²) in [6, 6.07) is 5.14. The summed E-state index contributed by atoms with van der Waals surface area (Å²) in [6.07, 6.45) is 2.98. The van der Waals surface area contributed by atoms with Crippen molar-refractivity contribution >= 4 is 15.7 Å². The maximum Gasteiger partial charge on any atom is 0.243 e. The monoisotopic (exact) mass is 296 g/mol. The van der Waals surface area contributed by atoms with Gasteiger partial charge in [0.1, 0.15) is 12.4 Å². The molecule has 0 spiro atoms. The molecule has 1 aromatic carbocycles. The van der Waals surface area contributed by atoms with Crippen LogP contribution < -0.4 is 10.1 Å². The van der Waals surface area contributed by atoms with Crippen molar-refractivity contribution in [3.63, 3.8) is 0 Å². The number of hydrogen-bond acceptors (Lipinski definition) is 4. The lowest BCUT2D eigenvalue weighted by Crippen LogP contribution is -2.41. The van der Waals surface area contributed by atoms with Gasteiger partial charge in [-0.15, -0.1) is 0 Å². The van der Waals surface area contributed by atoms with Crippen molar-refractivity contribution in [1.29, 1.82) is 0 Å². The highest BCUT2D eigenvalue weighted by atomic mass is 32.2. The Labute approximate surface area is 120 Å². The van der Waals surface area contributed by atoms with Crippen LogP contribution in [0, 0.1) is 0 Å². The van der Waals surface area contributed by atoms with Gasteiger partial charge in [0.2, 0.25) is 10.0 Å². The lowest BCUT2D eigenvalue weighted by molar-refractivity contribution is 0.268. The van der Waals surface area contributed by atoms with E-state index in [0.29, 0.717) is 24.6 Å². The number of anilines is 1. The third kappa shape index (κ3) is 2.38. The van der Waals surface area contributed by atoms with Gasteiger partial charge in [-0.1, -0.05) is 6.42 Å². The second-order valence-electron chi connectivity index (χ2n) is 5.39. The zero-order chi connectivity index (χ0) is 14.2. The fourth-order valence-electron chi connectivity index (χ4n) is 2.84. The van der Waals surface area contributed by atoms with Gasteiger partial charge in [0.15, 0.2) is 0 Å². The van der Waals surface area contributed by atoms with Crippen LogP contribution in [0.3, 0.4) is 0 Å². The normalized spacial score (nSPS) is 23.6. The second-order valence-corrected chi connectivity index (χ2v) is 7.28. The van der Waals surface area contributed by atoms with Crippen molar-refractivity contribution in [2.45, 2.75) is 37.1 Å². The topological polar surface area (TPSA) is 58.6 Å². The molecule has 2 aliphatic rings. The lowest BCUT2D eigenvalue weighted by Gasteiger charge is -2.32. The van der Waals surface area contributed by atoms with E-state index in [4.69, 9.17) is 4.74 Å². The molecular formula is C14H20N2O3S. The fourth-order valence-corrected chi connectivity index (χ4v) is 4.57. The molecule has 1 unspecified atom stereocenters. The van der Waals surface area contributed by atoms with Crippen LogP contribution in [0.15, 0.2) is 23.1 Å². The van der Waals surface area contributed by atoms with E-state index in [1.807, 2.05) is 6.92 Å². The molecule has 0 amide bonds. The van der Waals surface area contributed by atoms with Crippen LogP contribution >= 0.6 is 0 Å². The first-order valence-electron chi connectivity index (χ1n) is 7.11. The van der Waals surface area contributed by atoms with Crippen LogP contribution in [0.2, 0.25) is 0 Å². The SMILES string of the molecule is CC1CCCCN1S(=O)(=O)c1ccc2c(c1)NCCO2. The number of benzene rings is 1. The molecular weight excluding hydrogens is 276 g/mol. The Hall–Kier alpha value is -1.27. The average molecular weight is 296 g/mol. The molecule has 1 aromatic rings. The van der Waals surface area contributed by atoms with Crippen molar-refractivity contribution in [2.24, 2.45) is 0 Å². The van der Waals surface area contributed by atoms with Gasteiger partial charge in [-0.05, 0) is 38.0 Å². The van der Waals surface area contributed by atoms with Crippen molar-refractivity contribution in [3.8, 4) is 5.75 Å². The Kier molecular flexibility index (Phi) is 3.60. The highest BCUT2D eigenvalue weighted by Crippen LogP contribution is 2.32. The van der Waals surface area contributed by atoms with Crippen molar-refractivity contribution in [2.75, 3.05) is 25.0 Å². The van der Waals surface area contributed by atoms with E-state index >= 15 is 0 Å². The van der Waals surface area contributed by atoms with E-state index in [1.54, 1.807) is 22.5 Å². The van der Waals surface area contributed by atoms with Crippen LogP contribution in [0.4, 0.5) is 5.69 Å². The zero-order valence-electron chi connectivity index (χ0n) is 11.6. The Bertz CT molecular complexity index is 600. The minimum atomic E-state index is -3.41. The zero-order valence-corrected chi connectivity index (χ0v) is 12.4. The van der Waals surface area contributed by atoms with Crippen LogP contribution in [-0.2, 0) is 10.0 Å². The molecule has 1 atom stereocenters. The summed E-state index contributed by atoms with van der Waals surface area (Å²) >= 11 is 0. The largest absolute Gasteiger partial charge is 0.490 e. The standard InChI is InChI=1S/C14H20N2O3S/c1-11-4-2-3-8-16(11)20(17,18)12-5-6-14-13(10-12)15-7-9-19-14/h5-6,10-11,15H,2-4,7-9H2,1H3. The first kappa shape index (κ1) is 13.7. The summed E-state index contributed by atoms with van der Waals surface area (Å²) in [5.41, 5.74) is 0.766. The van der Waals surface area contributed by atoms with E-state index in [9.17, 15) is 8.42 Å². The third-order valence-electron chi connectivity index (χ3n) is 3.97. The lowest BCUT2D eigenvalue weighted by atomic mass is 10.1. The minimum Gasteiger partial charge on any atom is -0.490 e. The Morgan fingerprint density at radius 1 is 1.35 bits per heavy atom. The average Bonchev–Trinajstić information content (AvgIpc) is 2.47. The number of nitrogens with one attached hydrogen (secondary N) is 1.